The average molecular weight is 427 g/mol. The number of rotatable bonds is 6. The molecule has 1 aromatic carbocycles. The number of benzene rings is 1. The number of halogens is 1. The molecule has 2 heterocycles. The molecule has 3 aromatic rings. The van der Waals surface area contributed by atoms with Crippen molar-refractivity contribution in [3.8, 4) is 5.82 Å². The van der Waals surface area contributed by atoms with Gasteiger partial charge in [0.2, 0.25) is 0 Å². The van der Waals surface area contributed by atoms with Crippen LogP contribution in [0, 0.1) is 13.8 Å². The molecule has 0 fully saturated rings. The van der Waals surface area contributed by atoms with E-state index >= 15 is 0 Å². The lowest BCUT2D eigenvalue weighted by Crippen LogP contribution is -2.30. The smallest absolute Gasteiger partial charge is 0.359 e. The molecule has 1 atom stereocenters. The number of carbonyl (C=O) groups excluding carboxylic acids is 2. The zero-order chi connectivity index (χ0) is 21.8. The van der Waals surface area contributed by atoms with Crippen molar-refractivity contribution in [1.29, 1.82) is 0 Å². The topological polar surface area (TPSA) is 86.1 Å². The number of aromatic nitrogens is 3. The van der Waals surface area contributed by atoms with Crippen LogP contribution in [0.25, 0.3) is 5.82 Å². The summed E-state index contributed by atoms with van der Waals surface area (Å²) in [6.07, 6.45) is -0.120. The van der Waals surface area contributed by atoms with Gasteiger partial charge in [0, 0.05) is 11.4 Å². The lowest BCUT2D eigenvalue weighted by molar-refractivity contribution is -0.123. The Labute approximate surface area is 180 Å². The summed E-state index contributed by atoms with van der Waals surface area (Å²) in [7, 11) is 0. The van der Waals surface area contributed by atoms with Gasteiger partial charge in [0.25, 0.3) is 5.91 Å². The first kappa shape index (κ1) is 21.5. The third kappa shape index (κ3) is 4.86. The Morgan fingerprint density at radius 1 is 1.17 bits per heavy atom. The molecule has 0 aliphatic carbocycles. The Hall–Kier alpha value is -3.19. The van der Waals surface area contributed by atoms with Gasteiger partial charge in [-0.25, -0.2) is 14.5 Å². The van der Waals surface area contributed by atoms with Crippen LogP contribution in [0.2, 0.25) is 5.02 Å². The van der Waals surface area contributed by atoms with Gasteiger partial charge in [-0.3, -0.25) is 4.79 Å². The van der Waals surface area contributed by atoms with Gasteiger partial charge in [-0.05, 0) is 63.1 Å². The van der Waals surface area contributed by atoms with E-state index in [1.54, 1.807) is 16.8 Å². The van der Waals surface area contributed by atoms with Crippen molar-refractivity contribution in [3.63, 3.8) is 0 Å². The fourth-order valence-corrected chi connectivity index (χ4v) is 3.07. The SMILES string of the molecule is CCc1ccc(NC(=O)C(C)OC(=O)c2nc(-n3nc(C)cc3C)ccc2Cl)cc1. The van der Waals surface area contributed by atoms with Crippen molar-refractivity contribution < 1.29 is 14.3 Å². The van der Waals surface area contributed by atoms with E-state index in [2.05, 4.69) is 22.3 Å². The van der Waals surface area contributed by atoms with E-state index in [-0.39, 0.29) is 10.7 Å². The van der Waals surface area contributed by atoms with Gasteiger partial charge in [0.1, 0.15) is 0 Å². The van der Waals surface area contributed by atoms with Crippen molar-refractivity contribution in [1.82, 2.24) is 14.8 Å². The molecule has 0 saturated carbocycles. The maximum atomic E-state index is 12.6. The predicted octanol–water partition coefficient (Wildman–Crippen LogP) is 4.28. The number of ether oxygens (including phenoxy) is 1. The molecule has 1 amide bonds. The summed E-state index contributed by atoms with van der Waals surface area (Å²) in [4.78, 5) is 29.3. The van der Waals surface area contributed by atoms with Crippen LogP contribution in [0.1, 0.15) is 41.3 Å². The van der Waals surface area contributed by atoms with Crippen LogP contribution < -0.4 is 5.32 Å². The number of hydrogen-bond donors (Lipinski definition) is 1. The molecule has 0 radical (unpaired) electrons. The Balaban J connectivity index is 1.72. The highest BCUT2D eigenvalue weighted by Gasteiger charge is 2.23. The van der Waals surface area contributed by atoms with Crippen LogP contribution in [-0.2, 0) is 16.0 Å². The van der Waals surface area contributed by atoms with Gasteiger partial charge >= 0.3 is 5.97 Å². The molecule has 1 N–H and O–H groups in total. The molecule has 2 aromatic heterocycles. The molecule has 7 nitrogen and oxygen atoms in total. The van der Waals surface area contributed by atoms with Gasteiger partial charge in [-0.1, -0.05) is 30.7 Å². The van der Waals surface area contributed by atoms with Gasteiger partial charge in [0.15, 0.2) is 17.6 Å². The quantitative estimate of drug-likeness (QED) is 0.594. The van der Waals surface area contributed by atoms with Gasteiger partial charge in [-0.15, -0.1) is 0 Å². The summed E-state index contributed by atoms with van der Waals surface area (Å²) in [5.41, 5.74) is 3.40. The van der Waals surface area contributed by atoms with E-state index in [0.29, 0.717) is 11.5 Å². The number of nitrogens with zero attached hydrogens (tertiary/aromatic N) is 3. The molecule has 3 rings (SSSR count). The minimum absolute atomic E-state index is 0.0753. The van der Waals surface area contributed by atoms with Gasteiger partial charge in [-0.2, -0.15) is 5.10 Å². The van der Waals surface area contributed by atoms with Gasteiger partial charge in [0.05, 0.1) is 10.7 Å². The van der Waals surface area contributed by atoms with Crippen LogP contribution in [0.15, 0.2) is 42.5 Å². The maximum Gasteiger partial charge on any atom is 0.359 e. The standard InChI is InChI=1S/C22H23ClN4O3/c1-5-16-6-8-17(9-7-16)24-21(28)15(4)30-22(29)20-18(23)10-11-19(25-20)27-14(3)12-13(2)26-27/h6-12,15H,5H2,1-4H3,(H,24,28). The van der Waals surface area contributed by atoms with Crippen LogP contribution in [0.4, 0.5) is 5.69 Å². The second-order valence-electron chi connectivity index (χ2n) is 6.93. The highest BCUT2D eigenvalue weighted by atomic mass is 35.5. The summed E-state index contributed by atoms with van der Waals surface area (Å²) >= 11 is 6.15. The van der Waals surface area contributed by atoms with E-state index in [1.165, 1.54) is 6.92 Å². The monoisotopic (exact) mass is 426 g/mol. The first-order valence-corrected chi connectivity index (χ1v) is 9.97. The summed E-state index contributed by atoms with van der Waals surface area (Å²) in [5.74, 6) is -0.796. The number of pyridine rings is 1. The Morgan fingerprint density at radius 3 is 2.47 bits per heavy atom. The highest BCUT2D eigenvalue weighted by Crippen LogP contribution is 2.19. The normalized spacial score (nSPS) is 11.8. The molecule has 0 bridgehead atoms. The molecule has 1 unspecified atom stereocenters. The van der Waals surface area contributed by atoms with Crippen molar-refractivity contribution in [3.05, 3.63) is 70.1 Å². The molecule has 0 aliphatic rings. The van der Waals surface area contributed by atoms with Crippen LogP contribution in [-0.4, -0.2) is 32.7 Å². The zero-order valence-electron chi connectivity index (χ0n) is 17.3. The van der Waals surface area contributed by atoms with Crippen molar-refractivity contribution in [2.75, 3.05) is 5.32 Å². The third-order valence-electron chi connectivity index (χ3n) is 4.53. The lowest BCUT2D eigenvalue weighted by Gasteiger charge is -2.14. The second kappa shape index (κ2) is 9.09. The number of anilines is 1. The van der Waals surface area contributed by atoms with E-state index < -0.39 is 18.0 Å². The van der Waals surface area contributed by atoms with E-state index in [9.17, 15) is 9.59 Å². The number of esters is 1. The number of aryl methyl sites for hydroxylation is 3. The number of carbonyl (C=O) groups is 2. The van der Waals surface area contributed by atoms with Crippen molar-refractivity contribution >= 4 is 29.2 Å². The first-order chi connectivity index (χ1) is 14.3. The predicted molar refractivity (Wildman–Crippen MR) is 115 cm³/mol. The summed E-state index contributed by atoms with van der Waals surface area (Å²) < 4.78 is 6.90. The van der Waals surface area contributed by atoms with Crippen LogP contribution in [0.3, 0.4) is 0 Å². The maximum absolute atomic E-state index is 12.6. The fraction of sp³-hybridized carbons (Fsp3) is 0.273. The molecule has 0 aliphatic heterocycles. The average Bonchev–Trinajstić information content (AvgIpc) is 3.06. The molecular weight excluding hydrogens is 404 g/mol. The molecule has 30 heavy (non-hydrogen) atoms. The first-order valence-electron chi connectivity index (χ1n) is 9.59. The zero-order valence-corrected chi connectivity index (χ0v) is 18.0. The van der Waals surface area contributed by atoms with Crippen molar-refractivity contribution in [2.45, 2.75) is 40.2 Å². The summed E-state index contributed by atoms with van der Waals surface area (Å²) in [5, 5.41) is 7.21. The Kier molecular flexibility index (Phi) is 6.52. The summed E-state index contributed by atoms with van der Waals surface area (Å²) in [6, 6.07) is 12.6. The Bertz CT molecular complexity index is 1080. The Morgan fingerprint density at radius 2 is 1.87 bits per heavy atom. The number of hydrogen-bond acceptors (Lipinski definition) is 5. The van der Waals surface area contributed by atoms with E-state index in [4.69, 9.17) is 16.3 Å². The number of nitrogens with one attached hydrogen (secondary N) is 1. The second-order valence-corrected chi connectivity index (χ2v) is 7.33. The molecular formula is C22H23ClN4O3. The minimum Gasteiger partial charge on any atom is -0.448 e. The minimum atomic E-state index is -1.03. The van der Waals surface area contributed by atoms with Crippen LogP contribution >= 0.6 is 11.6 Å². The molecule has 156 valence electrons. The molecule has 8 heteroatoms. The van der Waals surface area contributed by atoms with Gasteiger partial charge < -0.3 is 10.1 Å². The highest BCUT2D eigenvalue weighted by molar-refractivity contribution is 6.33. The third-order valence-corrected chi connectivity index (χ3v) is 4.84. The molecule has 0 saturated heterocycles. The van der Waals surface area contributed by atoms with Crippen molar-refractivity contribution in [2.24, 2.45) is 0 Å². The molecule has 0 spiro atoms. The van der Waals surface area contributed by atoms with E-state index in [1.807, 2.05) is 44.2 Å². The van der Waals surface area contributed by atoms with Crippen LogP contribution in [0.5, 0.6) is 0 Å². The largest absolute Gasteiger partial charge is 0.448 e. The fourth-order valence-electron chi connectivity index (χ4n) is 2.89. The van der Waals surface area contributed by atoms with E-state index in [0.717, 1.165) is 23.4 Å². The lowest BCUT2D eigenvalue weighted by atomic mass is 10.1. The number of amides is 1. The summed E-state index contributed by atoms with van der Waals surface area (Å²) in [6.45, 7) is 7.29.